The predicted molar refractivity (Wildman–Crippen MR) is 78.8 cm³/mol. The van der Waals surface area contributed by atoms with E-state index >= 15 is 0 Å². The summed E-state index contributed by atoms with van der Waals surface area (Å²) in [7, 11) is 1.57. The van der Waals surface area contributed by atoms with Gasteiger partial charge in [-0.1, -0.05) is 25.4 Å². The number of aliphatic hydroxyl groups is 1. The minimum absolute atomic E-state index is 0.117. The van der Waals surface area contributed by atoms with Crippen molar-refractivity contribution in [1.29, 1.82) is 0 Å². The highest BCUT2D eigenvalue weighted by atomic mass is 35.5. The zero-order valence-electron chi connectivity index (χ0n) is 11.6. The molecule has 0 saturated heterocycles. The first-order valence-corrected chi connectivity index (χ1v) is 6.70. The number of aliphatic hydroxyl groups excluding tert-OH is 1. The van der Waals surface area contributed by atoms with Gasteiger partial charge in [0, 0.05) is 24.7 Å². The standard InChI is InChI=1S/C14H21ClN2O2/c1-4-14(2,9-18)8-17-10-5-6-12(15)11(7-10)13(19)16-3/h5-7,17-18H,4,8-9H2,1-3H3,(H,16,19). The van der Waals surface area contributed by atoms with Gasteiger partial charge in [-0.05, 0) is 24.6 Å². The number of carbonyl (C=O) groups is 1. The van der Waals surface area contributed by atoms with Crippen molar-refractivity contribution < 1.29 is 9.90 Å². The highest BCUT2D eigenvalue weighted by Gasteiger charge is 2.20. The van der Waals surface area contributed by atoms with E-state index in [0.717, 1.165) is 12.1 Å². The normalized spacial score (nSPS) is 13.7. The second kappa shape index (κ2) is 6.78. The Hall–Kier alpha value is -1.26. The molecule has 1 amide bonds. The Kier molecular flexibility index (Phi) is 5.63. The van der Waals surface area contributed by atoms with Gasteiger partial charge >= 0.3 is 0 Å². The Bertz CT molecular complexity index is 445. The van der Waals surface area contributed by atoms with E-state index in [9.17, 15) is 9.90 Å². The molecule has 0 aliphatic rings. The van der Waals surface area contributed by atoms with Gasteiger partial charge in [-0.25, -0.2) is 0 Å². The summed E-state index contributed by atoms with van der Waals surface area (Å²) in [4.78, 5) is 11.6. The molecule has 3 N–H and O–H groups in total. The highest BCUT2D eigenvalue weighted by molar-refractivity contribution is 6.34. The molecule has 1 rings (SSSR count). The van der Waals surface area contributed by atoms with E-state index < -0.39 is 0 Å². The SMILES string of the molecule is CCC(C)(CO)CNc1ccc(Cl)c(C(=O)NC)c1. The fourth-order valence-electron chi connectivity index (χ4n) is 1.55. The first kappa shape index (κ1) is 15.8. The summed E-state index contributed by atoms with van der Waals surface area (Å²) in [5, 5.41) is 15.6. The Morgan fingerprint density at radius 1 is 1.47 bits per heavy atom. The molecule has 1 aromatic rings. The lowest BCUT2D eigenvalue weighted by molar-refractivity contribution is 0.0963. The van der Waals surface area contributed by atoms with Gasteiger partial charge in [-0.3, -0.25) is 4.79 Å². The van der Waals surface area contributed by atoms with Crippen molar-refractivity contribution >= 4 is 23.2 Å². The van der Waals surface area contributed by atoms with Gasteiger partial charge in [-0.15, -0.1) is 0 Å². The topological polar surface area (TPSA) is 61.4 Å². The molecule has 1 aromatic carbocycles. The van der Waals surface area contributed by atoms with Gasteiger partial charge in [0.1, 0.15) is 0 Å². The second-order valence-corrected chi connectivity index (χ2v) is 5.36. The summed E-state index contributed by atoms with van der Waals surface area (Å²) in [5.41, 5.74) is 1.08. The maximum atomic E-state index is 11.6. The molecule has 0 spiro atoms. The number of nitrogens with one attached hydrogen (secondary N) is 2. The van der Waals surface area contributed by atoms with Crippen molar-refractivity contribution in [2.75, 3.05) is 25.5 Å². The third-order valence-electron chi connectivity index (χ3n) is 3.39. The predicted octanol–water partition coefficient (Wildman–Crippen LogP) is 2.52. The Labute approximate surface area is 119 Å². The number of hydrogen-bond donors (Lipinski definition) is 3. The largest absolute Gasteiger partial charge is 0.396 e. The van der Waals surface area contributed by atoms with Crippen LogP contribution in [-0.4, -0.2) is 31.2 Å². The van der Waals surface area contributed by atoms with Crippen LogP contribution in [0.25, 0.3) is 0 Å². The van der Waals surface area contributed by atoms with E-state index in [4.69, 9.17) is 11.6 Å². The molecule has 0 radical (unpaired) electrons. The molecule has 0 aliphatic heterocycles. The number of rotatable bonds is 6. The van der Waals surface area contributed by atoms with Crippen LogP contribution >= 0.6 is 11.6 Å². The quantitative estimate of drug-likeness (QED) is 0.752. The van der Waals surface area contributed by atoms with Gasteiger partial charge < -0.3 is 15.7 Å². The first-order chi connectivity index (χ1) is 8.95. The van der Waals surface area contributed by atoms with E-state index in [2.05, 4.69) is 10.6 Å². The summed E-state index contributed by atoms with van der Waals surface area (Å²) >= 11 is 5.99. The number of benzene rings is 1. The molecular formula is C14H21ClN2O2. The summed E-state index contributed by atoms with van der Waals surface area (Å²) < 4.78 is 0. The van der Waals surface area contributed by atoms with Crippen LogP contribution in [0.15, 0.2) is 18.2 Å². The van der Waals surface area contributed by atoms with Crippen molar-refractivity contribution in [3.63, 3.8) is 0 Å². The molecule has 0 aromatic heterocycles. The fourth-order valence-corrected chi connectivity index (χ4v) is 1.76. The second-order valence-electron chi connectivity index (χ2n) is 4.95. The Balaban J connectivity index is 2.83. The molecule has 0 fully saturated rings. The lowest BCUT2D eigenvalue weighted by atomic mass is 9.88. The van der Waals surface area contributed by atoms with Crippen LogP contribution in [0.4, 0.5) is 5.69 Å². The molecule has 19 heavy (non-hydrogen) atoms. The van der Waals surface area contributed by atoms with Crippen LogP contribution in [-0.2, 0) is 0 Å². The molecule has 4 nitrogen and oxygen atoms in total. The van der Waals surface area contributed by atoms with E-state index in [1.54, 1.807) is 19.2 Å². The van der Waals surface area contributed by atoms with Gasteiger partial charge in [0.2, 0.25) is 0 Å². The van der Waals surface area contributed by atoms with Crippen LogP contribution in [0.5, 0.6) is 0 Å². The first-order valence-electron chi connectivity index (χ1n) is 6.32. The third kappa shape index (κ3) is 4.11. The zero-order chi connectivity index (χ0) is 14.5. The summed E-state index contributed by atoms with van der Waals surface area (Å²) in [6.45, 7) is 4.80. The van der Waals surface area contributed by atoms with Gasteiger partial charge in [0.15, 0.2) is 0 Å². The van der Waals surface area contributed by atoms with Crippen LogP contribution in [0.2, 0.25) is 5.02 Å². The smallest absolute Gasteiger partial charge is 0.252 e. The number of halogens is 1. The molecule has 0 bridgehead atoms. The lowest BCUT2D eigenvalue weighted by Crippen LogP contribution is -2.29. The minimum Gasteiger partial charge on any atom is -0.396 e. The Morgan fingerprint density at radius 3 is 2.68 bits per heavy atom. The van der Waals surface area contributed by atoms with Crippen molar-refractivity contribution in [2.45, 2.75) is 20.3 Å². The van der Waals surface area contributed by atoms with Crippen molar-refractivity contribution in [1.82, 2.24) is 5.32 Å². The maximum absolute atomic E-state index is 11.6. The Morgan fingerprint density at radius 2 is 2.16 bits per heavy atom. The zero-order valence-corrected chi connectivity index (χ0v) is 12.3. The minimum atomic E-state index is -0.214. The molecular weight excluding hydrogens is 264 g/mol. The number of carbonyl (C=O) groups excluding carboxylic acids is 1. The van der Waals surface area contributed by atoms with Crippen LogP contribution in [0.1, 0.15) is 30.6 Å². The van der Waals surface area contributed by atoms with Crippen molar-refractivity contribution in [2.24, 2.45) is 5.41 Å². The fraction of sp³-hybridized carbons (Fsp3) is 0.500. The number of amides is 1. The van der Waals surface area contributed by atoms with Crippen molar-refractivity contribution in [3.8, 4) is 0 Å². The summed E-state index contributed by atoms with van der Waals surface area (Å²) in [5.74, 6) is -0.214. The van der Waals surface area contributed by atoms with E-state index in [1.165, 1.54) is 0 Å². The van der Waals surface area contributed by atoms with Gasteiger partial charge in [0.25, 0.3) is 5.91 Å². The lowest BCUT2D eigenvalue weighted by Gasteiger charge is -2.26. The average Bonchev–Trinajstić information content (AvgIpc) is 2.45. The van der Waals surface area contributed by atoms with Gasteiger partial charge in [-0.2, -0.15) is 0 Å². The molecule has 0 saturated carbocycles. The third-order valence-corrected chi connectivity index (χ3v) is 3.72. The maximum Gasteiger partial charge on any atom is 0.252 e. The number of anilines is 1. The van der Waals surface area contributed by atoms with Crippen LogP contribution in [0, 0.1) is 5.41 Å². The van der Waals surface area contributed by atoms with Crippen LogP contribution in [0.3, 0.4) is 0 Å². The molecule has 1 atom stereocenters. The van der Waals surface area contributed by atoms with E-state index in [1.807, 2.05) is 19.9 Å². The molecule has 0 aliphatic carbocycles. The van der Waals surface area contributed by atoms with E-state index in [-0.39, 0.29) is 17.9 Å². The summed E-state index contributed by atoms with van der Waals surface area (Å²) in [6.07, 6.45) is 0.867. The van der Waals surface area contributed by atoms with Crippen LogP contribution < -0.4 is 10.6 Å². The molecule has 106 valence electrons. The molecule has 5 heteroatoms. The molecule has 0 heterocycles. The van der Waals surface area contributed by atoms with Gasteiger partial charge in [0.05, 0.1) is 17.2 Å². The highest BCUT2D eigenvalue weighted by Crippen LogP contribution is 2.24. The van der Waals surface area contributed by atoms with Crippen molar-refractivity contribution in [3.05, 3.63) is 28.8 Å². The number of hydrogen-bond acceptors (Lipinski definition) is 3. The monoisotopic (exact) mass is 284 g/mol. The summed E-state index contributed by atoms with van der Waals surface area (Å²) in [6, 6.07) is 5.23. The average molecular weight is 285 g/mol. The van der Waals surface area contributed by atoms with E-state index in [0.29, 0.717) is 17.1 Å². The molecule has 1 unspecified atom stereocenters.